The zero-order valence-corrected chi connectivity index (χ0v) is 25.9. The van der Waals surface area contributed by atoms with Gasteiger partial charge in [0, 0.05) is 25.3 Å². The minimum atomic E-state index is -0.569. The lowest BCUT2D eigenvalue weighted by atomic mass is 10.0. The van der Waals surface area contributed by atoms with Crippen LogP contribution in [0.4, 0.5) is 5.69 Å². The Morgan fingerprint density at radius 1 is 0.884 bits per heavy atom. The number of hydrogen-bond acceptors (Lipinski definition) is 8. The number of rotatable bonds is 15. The first-order chi connectivity index (χ1) is 20.8. The van der Waals surface area contributed by atoms with Gasteiger partial charge in [-0.2, -0.15) is 0 Å². The number of aromatic nitrogens is 1. The molecule has 2 aromatic carbocycles. The number of allylic oxidation sites excluding steroid dienone is 1. The number of methoxy groups -OCH3 is 2. The Bertz CT molecular complexity index is 1460. The Labute approximate surface area is 253 Å². The fraction of sp³-hybridized carbons (Fsp3) is 0.412. The van der Waals surface area contributed by atoms with Crippen LogP contribution in [-0.2, 0) is 9.53 Å². The number of Topliss-reactive ketones (excluding diaryl/α,β-unsaturated/α-hetero) is 1. The number of H-pyrrole nitrogens is 1. The molecule has 9 nitrogen and oxygen atoms in total. The second-order valence-corrected chi connectivity index (χ2v) is 9.76. The number of aliphatic hydroxyl groups excluding tert-OH is 1. The minimum Gasteiger partial charge on any atom is -0.511 e. The second kappa shape index (κ2) is 18.9. The summed E-state index contributed by atoms with van der Waals surface area (Å²) in [5, 5.41) is 10.7. The third kappa shape index (κ3) is 10.4. The number of aliphatic imine (C=N–C) groups is 1. The van der Waals surface area contributed by atoms with Crippen LogP contribution in [0.3, 0.4) is 0 Å². The molecule has 0 spiro atoms. The SMILES string of the molecule is CCCCCC(=O)c1c[nH]c2c(OC)cccc2c1=O.CCCCCC(O)=C(C=Nc1ccccc1OC)C(=O)OCC. The van der Waals surface area contributed by atoms with Crippen LogP contribution in [0.5, 0.6) is 11.5 Å². The van der Waals surface area contributed by atoms with Gasteiger partial charge in [-0.25, -0.2) is 4.79 Å². The highest BCUT2D eigenvalue weighted by molar-refractivity contribution is 6.10. The molecule has 3 rings (SSSR count). The van der Waals surface area contributed by atoms with Crippen LogP contribution in [-0.4, -0.2) is 48.9 Å². The molecule has 3 aromatic rings. The van der Waals surface area contributed by atoms with Crippen molar-refractivity contribution >= 4 is 34.6 Å². The van der Waals surface area contributed by atoms with Crippen molar-refractivity contribution in [1.29, 1.82) is 0 Å². The fourth-order valence-electron chi connectivity index (χ4n) is 4.27. The molecule has 0 amide bonds. The number of esters is 1. The van der Waals surface area contributed by atoms with E-state index in [-0.39, 0.29) is 34.7 Å². The van der Waals surface area contributed by atoms with Crippen LogP contribution in [0.1, 0.15) is 82.5 Å². The van der Waals surface area contributed by atoms with E-state index in [9.17, 15) is 19.5 Å². The predicted molar refractivity (Wildman–Crippen MR) is 171 cm³/mol. The number of benzene rings is 2. The Morgan fingerprint density at radius 2 is 1.53 bits per heavy atom. The van der Waals surface area contributed by atoms with Crippen LogP contribution >= 0.6 is 0 Å². The average Bonchev–Trinajstić information content (AvgIpc) is 3.02. The van der Waals surface area contributed by atoms with Gasteiger partial charge in [-0.1, -0.05) is 57.7 Å². The quantitative estimate of drug-likeness (QED) is 0.0463. The predicted octanol–water partition coefficient (Wildman–Crippen LogP) is 7.65. The van der Waals surface area contributed by atoms with Crippen molar-refractivity contribution in [2.75, 3.05) is 20.8 Å². The molecule has 0 atom stereocenters. The third-order valence-electron chi connectivity index (χ3n) is 6.65. The third-order valence-corrected chi connectivity index (χ3v) is 6.65. The maximum Gasteiger partial charge on any atom is 0.343 e. The Balaban J connectivity index is 0.000000303. The average molecular weight is 593 g/mol. The summed E-state index contributed by atoms with van der Waals surface area (Å²) in [6.07, 6.45) is 9.42. The number of hydrogen-bond donors (Lipinski definition) is 2. The van der Waals surface area contributed by atoms with Crippen molar-refractivity contribution in [3.63, 3.8) is 0 Å². The van der Waals surface area contributed by atoms with Crippen molar-refractivity contribution in [3.05, 3.63) is 75.8 Å². The molecule has 9 heteroatoms. The number of unbranched alkanes of at least 4 members (excludes halogenated alkanes) is 4. The molecule has 0 fully saturated rings. The molecular formula is C34H44N2O7. The molecule has 0 aliphatic rings. The molecule has 0 saturated carbocycles. The van der Waals surface area contributed by atoms with Gasteiger partial charge in [0.25, 0.3) is 0 Å². The van der Waals surface area contributed by atoms with E-state index in [2.05, 4.69) is 23.8 Å². The van der Waals surface area contributed by atoms with Crippen LogP contribution in [0, 0.1) is 0 Å². The summed E-state index contributed by atoms with van der Waals surface area (Å²) in [5.41, 5.74) is 1.32. The van der Waals surface area contributed by atoms with Crippen LogP contribution in [0.15, 0.2) is 69.8 Å². The lowest BCUT2D eigenvalue weighted by Crippen LogP contribution is -2.16. The number of pyridine rings is 1. The summed E-state index contributed by atoms with van der Waals surface area (Å²) < 4.78 is 15.4. The molecule has 2 N–H and O–H groups in total. The van der Waals surface area contributed by atoms with Crippen molar-refractivity contribution in [2.24, 2.45) is 4.99 Å². The molecule has 0 unspecified atom stereocenters. The van der Waals surface area contributed by atoms with Gasteiger partial charge >= 0.3 is 5.97 Å². The Hall–Kier alpha value is -4.40. The van der Waals surface area contributed by atoms with Gasteiger partial charge in [0.2, 0.25) is 0 Å². The number of ether oxygens (including phenoxy) is 3. The van der Waals surface area contributed by atoms with Gasteiger partial charge in [-0.3, -0.25) is 14.6 Å². The monoisotopic (exact) mass is 592 g/mol. The summed E-state index contributed by atoms with van der Waals surface area (Å²) >= 11 is 0. The zero-order chi connectivity index (χ0) is 31.6. The summed E-state index contributed by atoms with van der Waals surface area (Å²) in [6.45, 7) is 6.13. The normalized spacial score (nSPS) is 11.5. The lowest BCUT2D eigenvalue weighted by molar-refractivity contribution is -0.138. The van der Waals surface area contributed by atoms with Crippen molar-refractivity contribution in [3.8, 4) is 11.5 Å². The molecule has 0 radical (unpaired) electrons. The van der Waals surface area contributed by atoms with E-state index in [1.54, 1.807) is 51.5 Å². The smallest absolute Gasteiger partial charge is 0.343 e. The van der Waals surface area contributed by atoms with Gasteiger partial charge < -0.3 is 24.3 Å². The molecule has 1 aromatic heterocycles. The van der Waals surface area contributed by atoms with Crippen molar-refractivity contribution in [2.45, 2.75) is 72.1 Å². The number of fused-ring (bicyclic) bond motifs is 1. The number of carbonyl (C=O) groups is 2. The molecule has 43 heavy (non-hydrogen) atoms. The summed E-state index contributed by atoms with van der Waals surface area (Å²) in [7, 11) is 3.11. The van der Waals surface area contributed by atoms with Crippen LogP contribution in [0.25, 0.3) is 10.9 Å². The largest absolute Gasteiger partial charge is 0.511 e. The molecule has 1 heterocycles. The zero-order valence-electron chi connectivity index (χ0n) is 25.9. The van der Waals surface area contributed by atoms with Crippen LogP contribution < -0.4 is 14.9 Å². The topological polar surface area (TPSA) is 127 Å². The van der Waals surface area contributed by atoms with E-state index in [4.69, 9.17) is 14.2 Å². The van der Waals surface area contributed by atoms with Crippen LogP contribution in [0.2, 0.25) is 0 Å². The van der Waals surface area contributed by atoms with Crippen molar-refractivity contribution in [1.82, 2.24) is 4.98 Å². The van der Waals surface area contributed by atoms with Gasteiger partial charge in [-0.05, 0) is 44.0 Å². The lowest BCUT2D eigenvalue weighted by Gasteiger charge is -2.07. The number of aromatic amines is 1. The van der Waals surface area contributed by atoms with E-state index in [1.807, 2.05) is 12.1 Å². The first-order valence-electron chi connectivity index (χ1n) is 14.8. The Kier molecular flexibility index (Phi) is 15.3. The van der Waals surface area contributed by atoms with E-state index >= 15 is 0 Å². The molecular weight excluding hydrogens is 548 g/mol. The number of aliphatic hydroxyl groups is 1. The van der Waals surface area contributed by atoms with E-state index in [1.165, 1.54) is 12.4 Å². The van der Waals surface area contributed by atoms with Crippen molar-refractivity contribution < 1.29 is 28.9 Å². The maximum atomic E-state index is 12.4. The molecule has 232 valence electrons. The van der Waals surface area contributed by atoms with Gasteiger partial charge in [0.15, 0.2) is 11.2 Å². The van der Waals surface area contributed by atoms with Gasteiger partial charge in [0.05, 0.1) is 37.3 Å². The number of ketones is 1. The first kappa shape index (κ1) is 34.8. The molecule has 0 aliphatic heterocycles. The number of carbonyl (C=O) groups excluding carboxylic acids is 2. The summed E-state index contributed by atoms with van der Waals surface area (Å²) in [5.74, 6) is 0.544. The maximum absolute atomic E-state index is 12.4. The number of nitrogens with one attached hydrogen (secondary N) is 1. The molecule has 0 bridgehead atoms. The van der Waals surface area contributed by atoms with Gasteiger partial charge in [0.1, 0.15) is 28.5 Å². The minimum absolute atomic E-state index is 0.00977. The summed E-state index contributed by atoms with van der Waals surface area (Å²) in [4.78, 5) is 43.8. The highest BCUT2D eigenvalue weighted by Gasteiger charge is 2.16. The van der Waals surface area contributed by atoms with E-state index in [0.717, 1.165) is 38.5 Å². The first-order valence-corrected chi connectivity index (χ1v) is 14.8. The van der Waals surface area contributed by atoms with E-state index < -0.39 is 5.97 Å². The highest BCUT2D eigenvalue weighted by Crippen LogP contribution is 2.26. The fourth-order valence-corrected chi connectivity index (χ4v) is 4.27. The van der Waals surface area contributed by atoms with E-state index in [0.29, 0.717) is 40.9 Å². The molecule has 0 aliphatic carbocycles. The molecule has 0 saturated heterocycles. The summed E-state index contributed by atoms with van der Waals surface area (Å²) in [6, 6.07) is 12.4. The Morgan fingerprint density at radius 3 is 2.19 bits per heavy atom. The number of nitrogens with zero attached hydrogens (tertiary/aromatic N) is 1. The second-order valence-electron chi connectivity index (χ2n) is 9.76. The standard InChI is InChI=1S/C18H25NO4.C16H19NO3/c1-4-6-7-11-16(20)14(18(21)23-5-2)13-19-15-10-8-9-12-17(15)22-3;1-3-4-5-8-13(18)12-10-17-15-11(16(12)19)7-6-9-14(15)20-2/h8-10,12-13,20H,4-7,11H2,1-3H3;6-7,9-10H,3-5,8H2,1-2H3,(H,17,19). The highest BCUT2D eigenvalue weighted by atomic mass is 16.5. The van der Waals surface area contributed by atoms with Gasteiger partial charge in [-0.15, -0.1) is 0 Å². The number of para-hydroxylation sites is 3.